The second-order valence-electron chi connectivity index (χ2n) is 9.30. The Morgan fingerprint density at radius 1 is 0.838 bits per heavy atom. The number of piperazine rings is 1. The van der Waals surface area contributed by atoms with Crippen molar-refractivity contribution in [2.24, 2.45) is 0 Å². The fraction of sp³-hybridized carbons (Fsp3) is 0.233. The summed E-state index contributed by atoms with van der Waals surface area (Å²) in [6.07, 6.45) is 3.61. The zero-order valence-corrected chi connectivity index (χ0v) is 22.7. The van der Waals surface area contributed by atoms with Crippen LogP contribution in [0.15, 0.2) is 79.0 Å². The molecule has 1 aliphatic rings. The third-order valence-corrected chi connectivity index (χ3v) is 7.67. The van der Waals surface area contributed by atoms with Gasteiger partial charge in [-0.25, -0.2) is 0 Å². The Hall–Kier alpha value is -3.14. The van der Waals surface area contributed by atoms with Gasteiger partial charge in [-0.05, 0) is 58.0 Å². The molecule has 0 unspecified atom stereocenters. The van der Waals surface area contributed by atoms with E-state index >= 15 is 0 Å². The van der Waals surface area contributed by atoms with E-state index in [-0.39, 0.29) is 6.04 Å². The second-order valence-corrected chi connectivity index (χ2v) is 10.5. The lowest BCUT2D eigenvalue weighted by Crippen LogP contribution is -2.48. The van der Waals surface area contributed by atoms with Crippen LogP contribution >= 0.6 is 22.6 Å². The summed E-state index contributed by atoms with van der Waals surface area (Å²) in [5, 5.41) is 4.76. The van der Waals surface area contributed by atoms with E-state index in [9.17, 15) is 9.59 Å². The molecule has 5 rings (SSSR count). The van der Waals surface area contributed by atoms with Crippen LogP contribution in [0.3, 0.4) is 0 Å². The molecule has 0 bridgehead atoms. The van der Waals surface area contributed by atoms with Gasteiger partial charge >= 0.3 is 0 Å². The monoisotopic (exact) mass is 604 g/mol. The average molecular weight is 604 g/mol. The first-order valence-electron chi connectivity index (χ1n) is 12.5. The molecule has 0 spiro atoms. The topological polar surface area (TPSA) is 65.5 Å². The van der Waals surface area contributed by atoms with E-state index in [1.807, 2.05) is 60.8 Å². The molecule has 6 nitrogen and oxygen atoms in total. The molecule has 1 saturated heterocycles. The highest BCUT2D eigenvalue weighted by molar-refractivity contribution is 14.1. The molecule has 1 N–H and O–H groups in total. The first-order valence-corrected chi connectivity index (χ1v) is 13.6. The number of halogens is 1. The predicted molar refractivity (Wildman–Crippen MR) is 156 cm³/mol. The molecule has 37 heavy (non-hydrogen) atoms. The smallest absolute Gasteiger partial charge is 0.150 e. The molecular formula is C30H29IN4O2. The van der Waals surface area contributed by atoms with Gasteiger partial charge in [-0.2, -0.15) is 0 Å². The van der Waals surface area contributed by atoms with E-state index in [0.717, 1.165) is 79.6 Å². The molecular weight excluding hydrogens is 575 g/mol. The molecule has 1 fully saturated rings. The summed E-state index contributed by atoms with van der Waals surface area (Å²) in [6, 6.07) is 24.1. The molecule has 4 aromatic rings. The quantitative estimate of drug-likeness (QED) is 0.207. The number of hydrogen-bond acceptors (Lipinski definition) is 6. The Labute approximate surface area is 230 Å². The molecule has 0 aliphatic carbocycles. The van der Waals surface area contributed by atoms with E-state index in [1.165, 1.54) is 3.57 Å². The maximum absolute atomic E-state index is 11.2. The zero-order chi connectivity index (χ0) is 25.6. The van der Waals surface area contributed by atoms with Gasteiger partial charge < -0.3 is 5.32 Å². The molecule has 1 aliphatic heterocycles. The van der Waals surface area contributed by atoms with Crippen molar-refractivity contribution in [2.45, 2.75) is 6.04 Å². The van der Waals surface area contributed by atoms with E-state index in [2.05, 4.69) is 60.9 Å². The number of rotatable bonds is 9. The summed E-state index contributed by atoms with van der Waals surface area (Å²) < 4.78 is 1.19. The highest BCUT2D eigenvalue weighted by atomic mass is 127. The number of carbonyl (C=O) groups excluding carboxylic acids is 2. The van der Waals surface area contributed by atoms with Crippen LogP contribution in [0.2, 0.25) is 0 Å². The number of anilines is 1. The zero-order valence-electron chi connectivity index (χ0n) is 20.5. The van der Waals surface area contributed by atoms with Crippen LogP contribution in [0.5, 0.6) is 0 Å². The highest BCUT2D eigenvalue weighted by Crippen LogP contribution is 2.30. The number of nitrogens with one attached hydrogen (secondary N) is 1. The van der Waals surface area contributed by atoms with E-state index < -0.39 is 0 Å². The summed E-state index contributed by atoms with van der Waals surface area (Å²) >= 11 is 2.32. The molecule has 188 valence electrons. The summed E-state index contributed by atoms with van der Waals surface area (Å²) in [7, 11) is 0. The number of benzene rings is 3. The predicted octanol–water partition coefficient (Wildman–Crippen LogP) is 5.28. The Morgan fingerprint density at radius 3 is 2.05 bits per heavy atom. The van der Waals surface area contributed by atoms with Crippen molar-refractivity contribution >= 4 is 51.8 Å². The Morgan fingerprint density at radius 2 is 1.46 bits per heavy atom. The SMILES string of the molecule is O=Cc1ccc(C(c2ccc(C=O)cc2)N2CCN(CCNc3ccnc4cc(I)ccc34)CC2)cc1. The average Bonchev–Trinajstić information content (AvgIpc) is 2.94. The lowest BCUT2D eigenvalue weighted by molar-refractivity contribution is 0.111. The summed E-state index contributed by atoms with van der Waals surface area (Å²) in [5.74, 6) is 0. The number of nitrogens with zero attached hydrogens (tertiary/aromatic N) is 3. The lowest BCUT2D eigenvalue weighted by Gasteiger charge is -2.40. The molecule has 2 heterocycles. The van der Waals surface area contributed by atoms with Crippen molar-refractivity contribution in [3.63, 3.8) is 0 Å². The Balaban J connectivity index is 1.23. The second kappa shape index (κ2) is 11.9. The summed E-state index contributed by atoms with van der Waals surface area (Å²) in [6.45, 7) is 5.67. The van der Waals surface area contributed by atoms with Crippen molar-refractivity contribution < 1.29 is 9.59 Å². The summed E-state index contributed by atoms with van der Waals surface area (Å²) in [4.78, 5) is 31.8. The third-order valence-electron chi connectivity index (χ3n) is 7.00. The van der Waals surface area contributed by atoms with Crippen LogP contribution in [0.4, 0.5) is 5.69 Å². The number of fused-ring (bicyclic) bond motifs is 1. The van der Waals surface area contributed by atoms with Gasteiger partial charge in [0.1, 0.15) is 12.6 Å². The lowest BCUT2D eigenvalue weighted by atomic mass is 9.95. The minimum absolute atomic E-state index is 0.0765. The number of carbonyl (C=O) groups is 2. The van der Waals surface area contributed by atoms with Crippen LogP contribution in [0, 0.1) is 3.57 Å². The first-order chi connectivity index (χ1) is 18.1. The van der Waals surface area contributed by atoms with Crippen LogP contribution in [-0.4, -0.2) is 66.6 Å². The van der Waals surface area contributed by atoms with Gasteiger partial charge in [0.15, 0.2) is 0 Å². The van der Waals surface area contributed by atoms with Gasteiger partial charge in [-0.1, -0.05) is 48.5 Å². The van der Waals surface area contributed by atoms with Gasteiger partial charge in [0.05, 0.1) is 11.6 Å². The van der Waals surface area contributed by atoms with E-state index in [1.54, 1.807) is 0 Å². The van der Waals surface area contributed by atoms with Crippen LogP contribution in [0.25, 0.3) is 10.9 Å². The van der Waals surface area contributed by atoms with Gasteiger partial charge in [0.25, 0.3) is 0 Å². The number of hydrogen-bond donors (Lipinski definition) is 1. The van der Waals surface area contributed by atoms with Crippen LogP contribution < -0.4 is 5.32 Å². The standard InChI is InChI=1S/C30H29IN4O2/c31-26-9-10-27-28(11-12-32-29(27)19-26)33-13-14-34-15-17-35(18-16-34)30(24-5-1-22(20-36)2-6-24)25-7-3-23(21-37)4-8-25/h1-12,19-21,30H,13-18H2,(H,32,33). The molecule has 7 heteroatoms. The van der Waals surface area contributed by atoms with E-state index in [4.69, 9.17) is 0 Å². The van der Waals surface area contributed by atoms with Crippen molar-refractivity contribution in [1.82, 2.24) is 14.8 Å². The van der Waals surface area contributed by atoms with E-state index in [0.29, 0.717) is 11.1 Å². The largest absolute Gasteiger partial charge is 0.383 e. The molecule has 0 saturated carbocycles. The van der Waals surface area contributed by atoms with Crippen molar-refractivity contribution in [3.8, 4) is 0 Å². The Kier molecular flexibility index (Phi) is 8.23. The summed E-state index contributed by atoms with van der Waals surface area (Å²) in [5.41, 5.74) is 5.79. The van der Waals surface area contributed by atoms with Crippen LogP contribution in [0.1, 0.15) is 37.9 Å². The number of pyridine rings is 1. The maximum Gasteiger partial charge on any atom is 0.150 e. The fourth-order valence-electron chi connectivity index (χ4n) is 5.00. The van der Waals surface area contributed by atoms with Gasteiger partial charge in [0, 0.05) is 71.2 Å². The normalized spacial score (nSPS) is 14.6. The van der Waals surface area contributed by atoms with Crippen molar-refractivity contribution in [3.05, 3.63) is 105 Å². The van der Waals surface area contributed by atoms with Crippen LogP contribution in [-0.2, 0) is 0 Å². The minimum Gasteiger partial charge on any atom is -0.383 e. The van der Waals surface area contributed by atoms with Gasteiger partial charge in [-0.15, -0.1) is 0 Å². The molecule has 0 radical (unpaired) electrons. The van der Waals surface area contributed by atoms with Gasteiger partial charge in [-0.3, -0.25) is 24.4 Å². The van der Waals surface area contributed by atoms with Crippen molar-refractivity contribution in [1.29, 1.82) is 0 Å². The van der Waals surface area contributed by atoms with Crippen molar-refractivity contribution in [2.75, 3.05) is 44.6 Å². The molecule has 3 aromatic carbocycles. The Bertz CT molecular complexity index is 1320. The highest BCUT2D eigenvalue weighted by Gasteiger charge is 2.26. The fourth-order valence-corrected chi connectivity index (χ4v) is 5.47. The first kappa shape index (κ1) is 25.5. The molecule has 0 amide bonds. The molecule has 0 atom stereocenters. The number of aromatic nitrogens is 1. The minimum atomic E-state index is 0.0765. The third kappa shape index (κ3) is 6.06. The maximum atomic E-state index is 11.2. The molecule has 1 aromatic heterocycles. The number of aldehydes is 2. The van der Waals surface area contributed by atoms with Gasteiger partial charge in [0.2, 0.25) is 0 Å².